The second-order valence-corrected chi connectivity index (χ2v) is 4.83. The van der Waals surface area contributed by atoms with Gasteiger partial charge in [-0.2, -0.15) is 0 Å². The summed E-state index contributed by atoms with van der Waals surface area (Å²) >= 11 is 6.10. The fourth-order valence-corrected chi connectivity index (χ4v) is 1.95. The van der Waals surface area contributed by atoms with Gasteiger partial charge in [0.1, 0.15) is 24.0 Å². The molecule has 0 saturated carbocycles. The molecule has 0 saturated heterocycles. The smallest absolute Gasteiger partial charge is 0.126 e. The molecule has 0 bridgehead atoms. The van der Waals surface area contributed by atoms with Gasteiger partial charge in [0.15, 0.2) is 0 Å². The van der Waals surface area contributed by atoms with Crippen LogP contribution in [0.5, 0.6) is 5.75 Å². The number of halogens is 2. The lowest BCUT2D eigenvalue weighted by atomic mass is 10.1. The highest BCUT2D eigenvalue weighted by Crippen LogP contribution is 2.23. The van der Waals surface area contributed by atoms with Gasteiger partial charge in [-0.1, -0.05) is 29.8 Å². The van der Waals surface area contributed by atoms with Gasteiger partial charge in [-0.25, -0.2) is 4.39 Å². The summed E-state index contributed by atoms with van der Waals surface area (Å²) in [5, 5.41) is 7.80. The highest BCUT2D eigenvalue weighted by atomic mass is 35.5. The minimum atomic E-state index is -0.344. The van der Waals surface area contributed by atoms with Crippen LogP contribution in [-0.2, 0) is 6.61 Å². The Balaban J connectivity index is 2.15. The van der Waals surface area contributed by atoms with Crippen molar-refractivity contribution in [3.05, 3.63) is 63.9 Å². The van der Waals surface area contributed by atoms with Crippen LogP contribution in [0.4, 0.5) is 4.39 Å². The van der Waals surface area contributed by atoms with Crippen molar-refractivity contribution in [3.63, 3.8) is 0 Å². The van der Waals surface area contributed by atoms with Crippen molar-refractivity contribution in [3.8, 4) is 5.75 Å². The molecule has 0 spiro atoms. The van der Waals surface area contributed by atoms with Crippen molar-refractivity contribution in [1.29, 1.82) is 5.41 Å². The first-order chi connectivity index (χ1) is 9.47. The standard InChI is InChI=1S/C15H14ClFN2O/c1-9-2-5-12(17)7-14(9)20-8-11-4-3-10(15(18)19)6-13(11)16/h2-7H,8H2,1H3,(H3,18,19). The molecule has 0 aliphatic heterocycles. The molecule has 3 nitrogen and oxygen atoms in total. The minimum absolute atomic E-state index is 0.0413. The number of hydrogen-bond donors (Lipinski definition) is 2. The highest BCUT2D eigenvalue weighted by molar-refractivity contribution is 6.31. The molecule has 104 valence electrons. The number of hydrogen-bond acceptors (Lipinski definition) is 2. The number of nitrogens with one attached hydrogen (secondary N) is 1. The number of amidine groups is 1. The Kier molecular flexibility index (Phi) is 4.25. The molecule has 0 heterocycles. The fourth-order valence-electron chi connectivity index (χ4n) is 1.72. The van der Waals surface area contributed by atoms with Crippen LogP contribution in [0.25, 0.3) is 0 Å². The zero-order valence-electron chi connectivity index (χ0n) is 10.9. The lowest BCUT2D eigenvalue weighted by Crippen LogP contribution is -2.11. The van der Waals surface area contributed by atoms with Crippen LogP contribution >= 0.6 is 11.6 Å². The number of nitrogen functional groups attached to an aromatic ring is 1. The normalized spacial score (nSPS) is 10.3. The van der Waals surface area contributed by atoms with Gasteiger partial charge in [-0.05, 0) is 24.6 Å². The lowest BCUT2D eigenvalue weighted by molar-refractivity contribution is 0.302. The van der Waals surface area contributed by atoms with Crippen LogP contribution < -0.4 is 10.5 Å². The Hall–Kier alpha value is -2.07. The average Bonchev–Trinajstić information content (AvgIpc) is 2.40. The summed E-state index contributed by atoms with van der Waals surface area (Å²) < 4.78 is 18.7. The predicted octanol–water partition coefficient (Wildman–Crippen LogP) is 3.65. The molecule has 0 aliphatic carbocycles. The first kappa shape index (κ1) is 14.3. The number of benzene rings is 2. The summed E-state index contributed by atoms with van der Waals surface area (Å²) in [6.07, 6.45) is 0. The molecule has 0 aromatic heterocycles. The zero-order chi connectivity index (χ0) is 14.7. The van der Waals surface area contributed by atoms with Crippen LogP contribution in [0.15, 0.2) is 36.4 Å². The molecular formula is C15H14ClFN2O. The topological polar surface area (TPSA) is 59.1 Å². The molecule has 5 heteroatoms. The van der Waals surface area contributed by atoms with Gasteiger partial charge in [0.2, 0.25) is 0 Å². The Morgan fingerprint density at radius 2 is 2.05 bits per heavy atom. The van der Waals surface area contributed by atoms with Gasteiger partial charge >= 0.3 is 0 Å². The first-order valence-corrected chi connectivity index (χ1v) is 6.37. The van der Waals surface area contributed by atoms with E-state index < -0.39 is 0 Å². The first-order valence-electron chi connectivity index (χ1n) is 5.99. The van der Waals surface area contributed by atoms with Gasteiger partial charge in [0, 0.05) is 22.2 Å². The Labute approximate surface area is 121 Å². The summed E-state index contributed by atoms with van der Waals surface area (Å²) in [6, 6.07) is 9.44. The SMILES string of the molecule is Cc1ccc(F)cc1OCc1ccc(C(=N)N)cc1Cl. The number of aryl methyl sites for hydroxylation is 1. The summed E-state index contributed by atoms with van der Waals surface area (Å²) in [5.41, 5.74) is 7.54. The van der Waals surface area contributed by atoms with Gasteiger partial charge in [0.05, 0.1) is 0 Å². The van der Waals surface area contributed by atoms with Crippen molar-refractivity contribution in [2.75, 3.05) is 0 Å². The molecule has 0 radical (unpaired) electrons. The van der Waals surface area contributed by atoms with Gasteiger partial charge in [0.25, 0.3) is 0 Å². The van der Waals surface area contributed by atoms with Crippen LogP contribution in [0.2, 0.25) is 5.02 Å². The van der Waals surface area contributed by atoms with Gasteiger partial charge < -0.3 is 10.5 Å². The van der Waals surface area contributed by atoms with Crippen LogP contribution in [0.3, 0.4) is 0 Å². The van der Waals surface area contributed by atoms with Crippen molar-refractivity contribution in [2.24, 2.45) is 5.73 Å². The average molecular weight is 293 g/mol. The van der Waals surface area contributed by atoms with Gasteiger partial charge in [-0.15, -0.1) is 0 Å². The Morgan fingerprint density at radius 3 is 2.70 bits per heavy atom. The summed E-state index contributed by atoms with van der Waals surface area (Å²) in [5.74, 6) is 0.0979. The van der Waals surface area contributed by atoms with E-state index >= 15 is 0 Å². The molecule has 20 heavy (non-hydrogen) atoms. The number of rotatable bonds is 4. The van der Waals surface area contributed by atoms with E-state index in [1.807, 2.05) is 6.92 Å². The third kappa shape index (κ3) is 3.27. The fraction of sp³-hybridized carbons (Fsp3) is 0.133. The maximum Gasteiger partial charge on any atom is 0.126 e. The zero-order valence-corrected chi connectivity index (χ0v) is 11.7. The molecule has 0 atom stereocenters. The monoisotopic (exact) mass is 292 g/mol. The van der Waals surface area contributed by atoms with Crippen LogP contribution in [-0.4, -0.2) is 5.84 Å². The predicted molar refractivity (Wildman–Crippen MR) is 77.9 cm³/mol. The quantitative estimate of drug-likeness (QED) is 0.667. The molecule has 2 aromatic carbocycles. The van der Waals surface area contributed by atoms with E-state index in [9.17, 15) is 4.39 Å². The van der Waals surface area contributed by atoms with E-state index in [1.54, 1.807) is 24.3 Å². The van der Waals surface area contributed by atoms with Crippen molar-refractivity contribution >= 4 is 17.4 Å². The minimum Gasteiger partial charge on any atom is -0.488 e. The molecule has 2 rings (SSSR count). The van der Waals surface area contributed by atoms with Crippen molar-refractivity contribution in [2.45, 2.75) is 13.5 Å². The van der Waals surface area contributed by atoms with Crippen LogP contribution in [0, 0.1) is 18.2 Å². The van der Waals surface area contributed by atoms with E-state index in [4.69, 9.17) is 27.5 Å². The highest BCUT2D eigenvalue weighted by Gasteiger charge is 2.06. The van der Waals surface area contributed by atoms with Gasteiger partial charge in [-0.3, -0.25) is 5.41 Å². The molecular weight excluding hydrogens is 279 g/mol. The maximum absolute atomic E-state index is 13.2. The molecule has 3 N–H and O–H groups in total. The molecule has 0 fully saturated rings. The van der Waals surface area contributed by atoms with Crippen molar-refractivity contribution in [1.82, 2.24) is 0 Å². The van der Waals surface area contributed by atoms with Crippen LogP contribution in [0.1, 0.15) is 16.7 Å². The summed E-state index contributed by atoms with van der Waals surface area (Å²) in [6.45, 7) is 2.07. The lowest BCUT2D eigenvalue weighted by Gasteiger charge is -2.11. The number of nitrogens with two attached hydrogens (primary N) is 1. The molecule has 0 unspecified atom stereocenters. The largest absolute Gasteiger partial charge is 0.488 e. The van der Waals surface area contributed by atoms with E-state index in [2.05, 4.69) is 0 Å². The van der Waals surface area contributed by atoms with E-state index in [0.29, 0.717) is 16.3 Å². The maximum atomic E-state index is 13.2. The molecule has 2 aromatic rings. The summed E-state index contributed by atoms with van der Waals surface area (Å²) in [4.78, 5) is 0. The summed E-state index contributed by atoms with van der Waals surface area (Å²) in [7, 11) is 0. The van der Waals surface area contributed by atoms with E-state index in [1.165, 1.54) is 12.1 Å². The van der Waals surface area contributed by atoms with E-state index in [0.717, 1.165) is 11.1 Å². The third-order valence-electron chi connectivity index (χ3n) is 2.90. The van der Waals surface area contributed by atoms with Crippen molar-refractivity contribution < 1.29 is 9.13 Å². The molecule has 0 aliphatic rings. The Morgan fingerprint density at radius 1 is 1.30 bits per heavy atom. The van der Waals surface area contributed by atoms with E-state index in [-0.39, 0.29) is 18.3 Å². The second kappa shape index (κ2) is 5.92. The third-order valence-corrected chi connectivity index (χ3v) is 3.25. The Bertz CT molecular complexity index is 658. The molecule has 0 amide bonds. The number of ether oxygens (including phenoxy) is 1. The second-order valence-electron chi connectivity index (χ2n) is 4.42.